The Morgan fingerprint density at radius 2 is 2.20 bits per heavy atom. The van der Waals surface area contributed by atoms with E-state index < -0.39 is 18.6 Å². The molecule has 0 spiro atoms. The Bertz CT molecular complexity index is 394. The fourth-order valence-corrected chi connectivity index (χ4v) is 1.21. The van der Waals surface area contributed by atoms with Crippen molar-refractivity contribution in [2.75, 3.05) is 20.3 Å². The Morgan fingerprint density at radius 3 is 2.55 bits per heavy atom. The monoisotopic (exact) mass is 297 g/mol. The first-order chi connectivity index (χ1) is 9.24. The molecular formula is C11H18F3N3O3. The maximum absolute atomic E-state index is 10.9. The van der Waals surface area contributed by atoms with Crippen molar-refractivity contribution in [3.8, 4) is 0 Å². The minimum Gasteiger partial charge on any atom is -0.550 e. The predicted octanol–water partition coefficient (Wildman–Crippen LogP) is -0.660. The number of aryl methyl sites for hydroxylation is 1. The molecule has 0 aliphatic heterocycles. The van der Waals surface area contributed by atoms with E-state index in [1.807, 2.05) is 24.1 Å². The van der Waals surface area contributed by atoms with Crippen LogP contribution in [0.15, 0.2) is 12.4 Å². The SMILES string of the molecule is COCCC[NH2+]c1cnn(C)c1.O=C([O-])CC(F)(F)F. The molecule has 6 nitrogen and oxygen atoms in total. The van der Waals surface area contributed by atoms with Crippen molar-refractivity contribution in [3.05, 3.63) is 12.4 Å². The fourth-order valence-electron chi connectivity index (χ4n) is 1.21. The number of carbonyl (C=O) groups excluding carboxylic acids is 1. The number of quaternary nitrogens is 1. The Kier molecular flexibility index (Phi) is 8.57. The van der Waals surface area contributed by atoms with E-state index in [-0.39, 0.29) is 0 Å². The molecule has 116 valence electrons. The van der Waals surface area contributed by atoms with Gasteiger partial charge in [-0.15, -0.1) is 0 Å². The number of carboxylic acids is 1. The second-order valence-electron chi connectivity index (χ2n) is 3.95. The second-order valence-corrected chi connectivity index (χ2v) is 3.95. The molecule has 2 N–H and O–H groups in total. The van der Waals surface area contributed by atoms with Crippen molar-refractivity contribution in [1.82, 2.24) is 9.78 Å². The van der Waals surface area contributed by atoms with Crippen molar-refractivity contribution in [1.29, 1.82) is 0 Å². The molecule has 1 aromatic heterocycles. The highest BCUT2D eigenvalue weighted by Crippen LogP contribution is 2.17. The molecule has 0 aromatic carbocycles. The smallest absolute Gasteiger partial charge is 0.394 e. The van der Waals surface area contributed by atoms with Crippen molar-refractivity contribution in [2.24, 2.45) is 7.05 Å². The summed E-state index contributed by atoms with van der Waals surface area (Å²) >= 11 is 0. The van der Waals surface area contributed by atoms with E-state index in [1.165, 1.54) is 5.69 Å². The van der Waals surface area contributed by atoms with Crippen LogP contribution in [-0.4, -0.2) is 42.2 Å². The van der Waals surface area contributed by atoms with Crippen LogP contribution < -0.4 is 10.4 Å². The summed E-state index contributed by atoms with van der Waals surface area (Å²) in [5.74, 6) is -2.10. The average Bonchev–Trinajstić information content (AvgIpc) is 2.68. The largest absolute Gasteiger partial charge is 0.550 e. The van der Waals surface area contributed by atoms with Gasteiger partial charge >= 0.3 is 6.18 Å². The third-order valence-corrected chi connectivity index (χ3v) is 2.00. The van der Waals surface area contributed by atoms with Crippen molar-refractivity contribution in [2.45, 2.75) is 19.0 Å². The molecular weight excluding hydrogens is 279 g/mol. The number of carbonyl (C=O) groups is 1. The van der Waals surface area contributed by atoms with Crippen LogP contribution in [0.4, 0.5) is 18.9 Å². The third-order valence-electron chi connectivity index (χ3n) is 2.00. The molecule has 0 saturated heterocycles. The standard InChI is InChI=1S/C8H15N3O.C3H3F3O2/c1-11-7-8(6-10-11)9-4-3-5-12-2;4-3(5,6)1-2(7)8/h6-7,9H,3-5H2,1-2H3;1H2,(H,7,8). The summed E-state index contributed by atoms with van der Waals surface area (Å²) < 4.78 is 39.4. The minimum absolute atomic E-state index is 0.830. The van der Waals surface area contributed by atoms with Crippen LogP contribution >= 0.6 is 0 Å². The van der Waals surface area contributed by atoms with Crippen LogP contribution in [0.3, 0.4) is 0 Å². The van der Waals surface area contributed by atoms with Gasteiger partial charge in [0.1, 0.15) is 6.20 Å². The number of halogens is 3. The Labute approximate surface area is 114 Å². The van der Waals surface area contributed by atoms with Crippen LogP contribution in [0.5, 0.6) is 0 Å². The zero-order valence-corrected chi connectivity index (χ0v) is 11.3. The van der Waals surface area contributed by atoms with Crippen LogP contribution in [0, 0.1) is 0 Å². The fraction of sp³-hybridized carbons (Fsp3) is 0.636. The van der Waals surface area contributed by atoms with Gasteiger partial charge in [0.2, 0.25) is 0 Å². The zero-order chi connectivity index (χ0) is 15.6. The van der Waals surface area contributed by atoms with Gasteiger partial charge in [0.15, 0.2) is 5.69 Å². The lowest BCUT2D eigenvalue weighted by atomic mass is 10.4. The van der Waals surface area contributed by atoms with Crippen LogP contribution in [0.1, 0.15) is 12.8 Å². The van der Waals surface area contributed by atoms with Gasteiger partial charge in [0.05, 0.1) is 31.7 Å². The summed E-state index contributed by atoms with van der Waals surface area (Å²) in [7, 11) is 3.65. The van der Waals surface area contributed by atoms with Gasteiger partial charge in [-0.05, 0) is 0 Å². The van der Waals surface area contributed by atoms with Crippen molar-refractivity contribution in [3.63, 3.8) is 0 Å². The summed E-state index contributed by atoms with van der Waals surface area (Å²) in [6, 6.07) is 0. The molecule has 0 atom stereocenters. The highest BCUT2D eigenvalue weighted by atomic mass is 19.4. The first kappa shape index (κ1) is 18.4. The lowest BCUT2D eigenvalue weighted by molar-refractivity contribution is -0.572. The first-order valence-electron chi connectivity index (χ1n) is 5.82. The quantitative estimate of drug-likeness (QED) is 0.707. The summed E-state index contributed by atoms with van der Waals surface area (Å²) in [5, 5.41) is 15.4. The van der Waals surface area contributed by atoms with E-state index in [0.29, 0.717) is 0 Å². The van der Waals surface area contributed by atoms with E-state index in [0.717, 1.165) is 19.6 Å². The Hall–Kier alpha value is -1.61. The molecule has 1 heterocycles. The minimum atomic E-state index is -4.64. The molecule has 0 amide bonds. The molecule has 0 saturated carbocycles. The van der Waals surface area contributed by atoms with Crippen LogP contribution in [0.25, 0.3) is 0 Å². The molecule has 20 heavy (non-hydrogen) atoms. The number of carboxylic acid groups (broad SMARTS) is 1. The van der Waals surface area contributed by atoms with Gasteiger partial charge in [0.25, 0.3) is 0 Å². The Balaban J connectivity index is 0.000000396. The Morgan fingerprint density at radius 1 is 1.55 bits per heavy atom. The molecule has 9 heteroatoms. The van der Waals surface area contributed by atoms with Gasteiger partial charge in [-0.1, -0.05) is 0 Å². The van der Waals surface area contributed by atoms with Gasteiger partial charge in [-0.25, -0.2) is 0 Å². The first-order valence-corrected chi connectivity index (χ1v) is 5.82. The van der Waals surface area contributed by atoms with Crippen molar-refractivity contribution < 1.29 is 33.1 Å². The molecule has 0 unspecified atom stereocenters. The molecule has 0 aliphatic carbocycles. The molecule has 0 fully saturated rings. The van der Waals surface area contributed by atoms with Crippen molar-refractivity contribution >= 4 is 11.7 Å². The number of alkyl halides is 3. The number of rotatable bonds is 6. The summed E-state index contributed by atoms with van der Waals surface area (Å²) in [6.07, 6.45) is -1.56. The van der Waals surface area contributed by atoms with Crippen LogP contribution in [-0.2, 0) is 16.6 Å². The number of hydrogen-bond donors (Lipinski definition) is 1. The third kappa shape index (κ3) is 11.5. The average molecular weight is 297 g/mol. The number of methoxy groups -OCH3 is 1. The lowest BCUT2D eigenvalue weighted by Crippen LogP contribution is -2.78. The lowest BCUT2D eigenvalue weighted by Gasteiger charge is -2.04. The number of aromatic nitrogens is 2. The summed E-state index contributed by atoms with van der Waals surface area (Å²) in [5.41, 5.74) is 1.19. The molecule has 0 radical (unpaired) electrons. The normalized spacial score (nSPS) is 10.8. The van der Waals surface area contributed by atoms with Gasteiger partial charge in [0, 0.05) is 20.6 Å². The number of nitrogens with two attached hydrogens (primary N) is 1. The maximum Gasteiger partial charge on any atom is 0.394 e. The highest BCUT2D eigenvalue weighted by molar-refractivity contribution is 5.64. The summed E-state index contributed by atoms with van der Waals surface area (Å²) in [6.45, 7) is 1.89. The highest BCUT2D eigenvalue weighted by Gasteiger charge is 2.26. The number of ether oxygens (including phenoxy) is 1. The van der Waals surface area contributed by atoms with E-state index in [9.17, 15) is 23.1 Å². The zero-order valence-electron chi connectivity index (χ0n) is 11.3. The van der Waals surface area contributed by atoms with Gasteiger partial charge < -0.3 is 20.0 Å². The van der Waals surface area contributed by atoms with Crippen LogP contribution in [0.2, 0.25) is 0 Å². The van der Waals surface area contributed by atoms with Gasteiger partial charge in [-0.2, -0.15) is 18.3 Å². The number of nitrogens with zero attached hydrogens (tertiary/aromatic N) is 2. The maximum atomic E-state index is 10.9. The second kappa shape index (κ2) is 9.32. The van der Waals surface area contributed by atoms with E-state index in [1.54, 1.807) is 7.11 Å². The topological polar surface area (TPSA) is 83.8 Å². The molecule has 0 bridgehead atoms. The number of aliphatic carboxylic acids is 1. The summed E-state index contributed by atoms with van der Waals surface area (Å²) in [4.78, 5) is 9.18. The molecule has 0 aliphatic rings. The van der Waals surface area contributed by atoms with E-state index >= 15 is 0 Å². The number of hydrogen-bond acceptors (Lipinski definition) is 4. The van der Waals surface area contributed by atoms with Gasteiger partial charge in [-0.3, -0.25) is 4.68 Å². The predicted molar refractivity (Wildman–Crippen MR) is 61.8 cm³/mol. The molecule has 1 rings (SSSR count). The molecule has 1 aromatic rings. The van der Waals surface area contributed by atoms with E-state index in [4.69, 9.17) is 4.74 Å². The van der Waals surface area contributed by atoms with E-state index in [2.05, 4.69) is 10.4 Å².